The van der Waals surface area contributed by atoms with E-state index < -0.39 is 10.2 Å². The molecule has 2 aliphatic heterocycles. The molecule has 174 valence electrons. The molecule has 0 radical (unpaired) electrons. The molecule has 10 heteroatoms. The van der Waals surface area contributed by atoms with Gasteiger partial charge >= 0.3 is 5.97 Å². The van der Waals surface area contributed by atoms with Gasteiger partial charge in [-0.2, -0.15) is 0 Å². The minimum absolute atomic E-state index is 0.0756. The zero-order chi connectivity index (χ0) is 23.2. The number of rotatable bonds is 6. The molecule has 0 aliphatic carbocycles. The summed E-state index contributed by atoms with van der Waals surface area (Å²) < 4.78 is 52.7. The molecule has 2 heterocycles. The van der Waals surface area contributed by atoms with E-state index >= 15 is 0 Å². The maximum Gasteiger partial charge on any atom is 0.306 e. The standard InChI is InChI=1S/C21H30NO4.ClHO4/c1-5-14-13-22-8-7-15-10-19(24-3)20(25-4)12-17(15)18(22)9-16(14)11-21(23)26-6-2;2-1(3,4)5/h10,12,14,16H,5-9,11,13H2,1-4H3;(H,2,3,4,5)/q+1;/p-1. The largest absolute Gasteiger partial charge is 0.493 e. The van der Waals surface area contributed by atoms with Gasteiger partial charge in [-0.1, -0.05) is 6.92 Å². The van der Waals surface area contributed by atoms with Crippen LogP contribution < -0.4 is 28.1 Å². The number of ether oxygens (including phenoxy) is 3. The summed E-state index contributed by atoms with van der Waals surface area (Å²) in [6.45, 7) is 6.58. The van der Waals surface area contributed by atoms with Gasteiger partial charge < -0.3 is 14.2 Å². The van der Waals surface area contributed by atoms with Crippen molar-refractivity contribution in [1.82, 2.24) is 0 Å². The first-order valence-corrected chi connectivity index (χ1v) is 11.5. The molecular formula is C21H30ClNO8. The molecule has 3 rings (SSSR count). The van der Waals surface area contributed by atoms with E-state index in [4.69, 9.17) is 32.8 Å². The van der Waals surface area contributed by atoms with Crippen molar-refractivity contribution >= 4 is 11.7 Å². The Kier molecular flexibility index (Phi) is 9.08. The van der Waals surface area contributed by atoms with Crippen molar-refractivity contribution in [2.24, 2.45) is 11.8 Å². The maximum atomic E-state index is 12.1. The van der Waals surface area contributed by atoms with Crippen LogP contribution in [0.2, 0.25) is 0 Å². The minimum Gasteiger partial charge on any atom is -0.493 e. The van der Waals surface area contributed by atoms with E-state index in [0.717, 1.165) is 43.9 Å². The molecule has 2 aliphatic rings. The first kappa shape index (κ1) is 25.4. The van der Waals surface area contributed by atoms with Crippen LogP contribution in [0.1, 0.15) is 44.2 Å². The second-order valence-corrected chi connectivity index (χ2v) is 8.28. The number of benzene rings is 1. The van der Waals surface area contributed by atoms with Crippen molar-refractivity contribution in [2.75, 3.05) is 33.9 Å². The topological polar surface area (TPSA) is 140 Å². The van der Waals surface area contributed by atoms with E-state index in [0.29, 0.717) is 24.9 Å². The van der Waals surface area contributed by atoms with Crippen LogP contribution in [0.25, 0.3) is 0 Å². The number of nitrogens with zero attached hydrogens (tertiary/aromatic N) is 1. The SMILES string of the molecule is CCOC(=O)CC1CC2=[N+](CCc3cc(OC)c(OC)cc32)CC1CC.[O-][Cl+3]([O-])([O-])[O-]. The molecule has 0 bridgehead atoms. The molecule has 0 saturated heterocycles. The molecule has 9 nitrogen and oxygen atoms in total. The van der Waals surface area contributed by atoms with Crippen molar-refractivity contribution in [2.45, 2.75) is 39.5 Å². The highest BCUT2D eigenvalue weighted by Crippen LogP contribution is 2.37. The summed E-state index contributed by atoms with van der Waals surface area (Å²) in [5.41, 5.74) is 3.89. The van der Waals surface area contributed by atoms with Gasteiger partial charge in [-0.3, -0.25) is 4.79 Å². The Morgan fingerprint density at radius 2 is 1.71 bits per heavy atom. The molecule has 0 spiro atoms. The first-order valence-electron chi connectivity index (χ1n) is 10.2. The van der Waals surface area contributed by atoms with Crippen LogP contribution in [0, 0.1) is 22.1 Å². The smallest absolute Gasteiger partial charge is 0.306 e. The lowest BCUT2D eigenvalue weighted by molar-refractivity contribution is -2.00. The highest BCUT2D eigenvalue weighted by Gasteiger charge is 2.39. The van der Waals surface area contributed by atoms with E-state index in [-0.39, 0.29) is 5.97 Å². The third-order valence-electron chi connectivity index (χ3n) is 5.79. The summed E-state index contributed by atoms with van der Waals surface area (Å²) >= 11 is 0. The minimum atomic E-state index is -4.94. The normalized spacial score (nSPS) is 20.1. The van der Waals surface area contributed by atoms with Crippen LogP contribution in [0.4, 0.5) is 0 Å². The summed E-state index contributed by atoms with van der Waals surface area (Å²) in [6, 6.07) is 4.20. The fourth-order valence-electron chi connectivity index (χ4n) is 4.38. The molecule has 31 heavy (non-hydrogen) atoms. The quantitative estimate of drug-likeness (QED) is 0.362. The van der Waals surface area contributed by atoms with Crippen molar-refractivity contribution in [3.05, 3.63) is 23.3 Å². The Balaban J connectivity index is 0.000000614. The average Bonchev–Trinajstić information content (AvgIpc) is 2.71. The van der Waals surface area contributed by atoms with Gasteiger partial charge in [0.05, 0.1) is 20.8 Å². The van der Waals surface area contributed by atoms with Crippen LogP contribution >= 0.6 is 0 Å². The van der Waals surface area contributed by atoms with Crippen LogP contribution in [-0.2, 0) is 16.0 Å². The summed E-state index contributed by atoms with van der Waals surface area (Å²) in [4.78, 5) is 12.1. The summed E-state index contributed by atoms with van der Waals surface area (Å²) in [6.07, 6.45) is 3.52. The van der Waals surface area contributed by atoms with E-state index in [1.165, 1.54) is 16.8 Å². The van der Waals surface area contributed by atoms with Gasteiger partial charge in [0, 0.05) is 30.7 Å². The van der Waals surface area contributed by atoms with E-state index in [9.17, 15) is 4.79 Å². The van der Waals surface area contributed by atoms with Crippen LogP contribution in [0.15, 0.2) is 12.1 Å². The fraction of sp³-hybridized carbons (Fsp3) is 0.619. The number of carbonyl (C=O) groups excluding carboxylic acids is 1. The van der Waals surface area contributed by atoms with Gasteiger partial charge in [-0.25, -0.2) is 23.2 Å². The van der Waals surface area contributed by atoms with Crippen molar-refractivity contribution in [1.29, 1.82) is 0 Å². The predicted octanol–water partition coefficient (Wildman–Crippen LogP) is -1.70. The van der Waals surface area contributed by atoms with Crippen molar-refractivity contribution in [3.63, 3.8) is 0 Å². The Morgan fingerprint density at radius 3 is 2.26 bits per heavy atom. The zero-order valence-corrected chi connectivity index (χ0v) is 19.1. The summed E-state index contributed by atoms with van der Waals surface area (Å²) in [7, 11) is -1.60. The number of halogens is 1. The fourth-order valence-corrected chi connectivity index (χ4v) is 4.38. The number of hydrogen-bond acceptors (Lipinski definition) is 8. The number of methoxy groups -OCH3 is 2. The Labute approximate surface area is 184 Å². The lowest BCUT2D eigenvalue weighted by Crippen LogP contribution is -2.68. The van der Waals surface area contributed by atoms with Crippen molar-refractivity contribution < 1.29 is 52.5 Å². The summed E-state index contributed by atoms with van der Waals surface area (Å²) in [5, 5.41) is 0. The van der Waals surface area contributed by atoms with Crippen LogP contribution in [0.5, 0.6) is 11.5 Å². The highest BCUT2D eigenvalue weighted by atomic mass is 35.7. The Morgan fingerprint density at radius 1 is 1.10 bits per heavy atom. The Hall–Kier alpha value is -1.91. The number of esters is 1. The first-order chi connectivity index (χ1) is 14.6. The molecule has 2 atom stereocenters. The van der Waals surface area contributed by atoms with E-state index in [1.54, 1.807) is 14.2 Å². The van der Waals surface area contributed by atoms with Gasteiger partial charge in [0.25, 0.3) is 0 Å². The monoisotopic (exact) mass is 459 g/mol. The second-order valence-electron chi connectivity index (χ2n) is 7.53. The zero-order valence-electron chi connectivity index (χ0n) is 18.4. The maximum absolute atomic E-state index is 12.1. The van der Waals surface area contributed by atoms with Gasteiger partial charge in [0.1, 0.15) is 13.1 Å². The van der Waals surface area contributed by atoms with Crippen LogP contribution in [0.3, 0.4) is 0 Å². The van der Waals surface area contributed by atoms with Gasteiger partial charge in [-0.15, -0.1) is 10.2 Å². The molecule has 0 N–H and O–H groups in total. The average molecular weight is 460 g/mol. The molecule has 0 amide bonds. The molecule has 2 unspecified atom stereocenters. The van der Waals surface area contributed by atoms with E-state index in [1.807, 2.05) is 6.92 Å². The molecule has 1 aromatic rings. The number of fused-ring (bicyclic) bond motifs is 2. The van der Waals surface area contributed by atoms with E-state index in [2.05, 4.69) is 23.6 Å². The van der Waals surface area contributed by atoms with Crippen molar-refractivity contribution in [3.8, 4) is 11.5 Å². The molecule has 0 saturated carbocycles. The van der Waals surface area contributed by atoms with Gasteiger partial charge in [0.2, 0.25) is 0 Å². The number of carbonyl (C=O) groups is 1. The lowest BCUT2D eigenvalue weighted by atomic mass is 9.77. The third kappa shape index (κ3) is 7.05. The lowest BCUT2D eigenvalue weighted by Gasteiger charge is -2.32. The van der Waals surface area contributed by atoms with Gasteiger partial charge in [-0.05, 0) is 37.0 Å². The second kappa shape index (κ2) is 11.1. The third-order valence-corrected chi connectivity index (χ3v) is 5.79. The summed E-state index contributed by atoms with van der Waals surface area (Å²) in [5.74, 6) is 2.34. The molecular weight excluding hydrogens is 430 g/mol. The molecule has 1 aromatic carbocycles. The van der Waals surface area contributed by atoms with Gasteiger partial charge in [0.15, 0.2) is 17.2 Å². The number of hydrogen-bond donors (Lipinski definition) is 0. The highest BCUT2D eigenvalue weighted by molar-refractivity contribution is 6.00. The predicted molar refractivity (Wildman–Crippen MR) is 100 cm³/mol. The Bertz CT molecular complexity index is 799. The molecule has 0 aromatic heterocycles. The molecule has 0 fully saturated rings. The van der Waals surface area contributed by atoms with Crippen LogP contribution in [-0.4, -0.2) is 50.2 Å².